The molecule has 0 N–H and O–H groups in total. The maximum Gasteiger partial charge on any atom is 0.0540 e. The van der Waals surface area contributed by atoms with Gasteiger partial charge in [0, 0.05) is 16.5 Å². The molecular formula is C29H25N. The van der Waals surface area contributed by atoms with Crippen LogP contribution in [-0.4, -0.2) is 0 Å². The lowest BCUT2D eigenvalue weighted by Gasteiger charge is -2.29. The normalized spacial score (nSPS) is 11.3. The zero-order chi connectivity index (χ0) is 20.5. The molecule has 0 unspecified atom stereocenters. The average molecular weight is 388 g/mol. The minimum absolute atomic E-state index is 0.478. The van der Waals surface area contributed by atoms with E-state index in [4.69, 9.17) is 0 Å². The molecule has 1 nitrogen and oxygen atoms in total. The second-order valence-electron chi connectivity index (χ2n) is 8.04. The van der Waals surface area contributed by atoms with Crippen molar-refractivity contribution >= 4 is 38.6 Å². The second kappa shape index (κ2) is 7.68. The summed E-state index contributed by atoms with van der Waals surface area (Å²) < 4.78 is 0. The van der Waals surface area contributed by atoms with E-state index in [0.717, 1.165) is 5.69 Å². The Hall–Kier alpha value is -3.58. The Morgan fingerprint density at radius 2 is 1.10 bits per heavy atom. The van der Waals surface area contributed by atoms with Gasteiger partial charge in [-0.1, -0.05) is 98.8 Å². The highest BCUT2D eigenvalue weighted by atomic mass is 15.1. The largest absolute Gasteiger partial charge is 0.309 e. The van der Waals surface area contributed by atoms with Crippen molar-refractivity contribution in [2.45, 2.75) is 19.8 Å². The zero-order valence-corrected chi connectivity index (χ0v) is 17.4. The molecule has 0 amide bonds. The lowest BCUT2D eigenvalue weighted by atomic mass is 9.94. The van der Waals surface area contributed by atoms with E-state index in [1.807, 2.05) is 0 Å². The van der Waals surface area contributed by atoms with E-state index in [-0.39, 0.29) is 0 Å². The molecule has 146 valence electrons. The summed E-state index contributed by atoms with van der Waals surface area (Å²) in [4.78, 5) is 2.40. The molecule has 0 bridgehead atoms. The van der Waals surface area contributed by atoms with E-state index < -0.39 is 0 Å². The molecule has 0 atom stereocenters. The van der Waals surface area contributed by atoms with Crippen LogP contribution in [-0.2, 0) is 0 Å². The van der Waals surface area contributed by atoms with Gasteiger partial charge in [0.1, 0.15) is 0 Å². The molecule has 1 heteroatoms. The predicted octanol–water partition coefficient (Wildman–Crippen LogP) is 8.59. The highest BCUT2D eigenvalue weighted by Gasteiger charge is 2.18. The van der Waals surface area contributed by atoms with Crippen LogP contribution in [0.2, 0.25) is 0 Å². The smallest absolute Gasteiger partial charge is 0.0540 e. The van der Waals surface area contributed by atoms with Crippen molar-refractivity contribution < 1.29 is 0 Å². The van der Waals surface area contributed by atoms with Crippen molar-refractivity contribution in [2.24, 2.45) is 0 Å². The van der Waals surface area contributed by atoms with E-state index in [0.29, 0.717) is 5.92 Å². The third-order valence-electron chi connectivity index (χ3n) is 5.82. The van der Waals surface area contributed by atoms with Gasteiger partial charge in [-0.15, -0.1) is 0 Å². The van der Waals surface area contributed by atoms with Crippen LogP contribution in [0.3, 0.4) is 0 Å². The first-order valence-electron chi connectivity index (χ1n) is 10.6. The number of hydrogen-bond donors (Lipinski definition) is 0. The van der Waals surface area contributed by atoms with E-state index in [1.165, 1.54) is 38.5 Å². The molecule has 0 aliphatic heterocycles. The van der Waals surface area contributed by atoms with Crippen LogP contribution in [0.15, 0.2) is 109 Å². The van der Waals surface area contributed by atoms with Gasteiger partial charge in [0.15, 0.2) is 0 Å². The number of nitrogens with zero attached hydrogens (tertiary/aromatic N) is 1. The Kier molecular flexibility index (Phi) is 4.72. The molecule has 0 heterocycles. The maximum atomic E-state index is 2.40. The first-order chi connectivity index (χ1) is 14.7. The van der Waals surface area contributed by atoms with E-state index in [1.54, 1.807) is 0 Å². The molecule has 0 saturated heterocycles. The Morgan fingerprint density at radius 3 is 1.87 bits per heavy atom. The monoisotopic (exact) mass is 387 g/mol. The summed E-state index contributed by atoms with van der Waals surface area (Å²) in [6.07, 6.45) is 0. The molecule has 0 aromatic heterocycles. The molecule has 0 aliphatic rings. The number of benzene rings is 5. The minimum atomic E-state index is 0.478. The van der Waals surface area contributed by atoms with Gasteiger partial charge in [0.05, 0.1) is 11.4 Å². The lowest BCUT2D eigenvalue weighted by molar-refractivity contribution is 0.876. The highest BCUT2D eigenvalue weighted by molar-refractivity contribution is 6.05. The Bertz CT molecular complexity index is 1310. The van der Waals surface area contributed by atoms with Crippen molar-refractivity contribution in [3.8, 4) is 0 Å². The third kappa shape index (κ3) is 3.13. The van der Waals surface area contributed by atoms with Crippen molar-refractivity contribution in [1.82, 2.24) is 0 Å². The summed E-state index contributed by atoms with van der Waals surface area (Å²) in [7, 11) is 0. The predicted molar refractivity (Wildman–Crippen MR) is 130 cm³/mol. The van der Waals surface area contributed by atoms with Crippen molar-refractivity contribution in [3.63, 3.8) is 0 Å². The van der Waals surface area contributed by atoms with Gasteiger partial charge >= 0.3 is 0 Å². The number of hydrogen-bond acceptors (Lipinski definition) is 1. The van der Waals surface area contributed by atoms with Gasteiger partial charge in [0.25, 0.3) is 0 Å². The first kappa shape index (κ1) is 18.4. The van der Waals surface area contributed by atoms with E-state index in [9.17, 15) is 0 Å². The topological polar surface area (TPSA) is 3.24 Å². The summed E-state index contributed by atoms with van der Waals surface area (Å²) in [6.45, 7) is 4.53. The molecule has 0 saturated carbocycles. The van der Waals surface area contributed by atoms with Gasteiger partial charge in [-0.2, -0.15) is 0 Å². The molecule has 5 aromatic carbocycles. The van der Waals surface area contributed by atoms with Crippen LogP contribution in [0, 0.1) is 0 Å². The standard InChI is InChI=1S/C29H25N/c1-21(2)24-19-20-29(27-17-9-8-16-26(24)27)30(23-13-4-3-5-14-23)28-18-10-12-22-11-6-7-15-25(22)28/h3-21H,1-2H3. The number of rotatable bonds is 4. The molecule has 5 aromatic rings. The molecule has 0 aliphatic carbocycles. The zero-order valence-electron chi connectivity index (χ0n) is 17.4. The number of anilines is 3. The van der Waals surface area contributed by atoms with Gasteiger partial charge in [-0.25, -0.2) is 0 Å². The molecule has 0 fully saturated rings. The Balaban J connectivity index is 1.85. The molecule has 0 spiro atoms. The minimum Gasteiger partial charge on any atom is -0.309 e. The lowest BCUT2D eigenvalue weighted by Crippen LogP contribution is -2.11. The van der Waals surface area contributed by atoms with E-state index >= 15 is 0 Å². The van der Waals surface area contributed by atoms with Crippen molar-refractivity contribution in [1.29, 1.82) is 0 Å². The molecular weight excluding hydrogens is 362 g/mol. The fourth-order valence-electron chi connectivity index (χ4n) is 4.39. The van der Waals surface area contributed by atoms with Crippen LogP contribution in [0.5, 0.6) is 0 Å². The van der Waals surface area contributed by atoms with Gasteiger partial charge < -0.3 is 4.90 Å². The fraction of sp³-hybridized carbons (Fsp3) is 0.103. The number of para-hydroxylation sites is 1. The third-order valence-corrected chi connectivity index (χ3v) is 5.82. The van der Waals surface area contributed by atoms with Gasteiger partial charge in [-0.05, 0) is 46.5 Å². The quantitative estimate of drug-likeness (QED) is 0.298. The van der Waals surface area contributed by atoms with Crippen LogP contribution in [0.1, 0.15) is 25.3 Å². The summed E-state index contributed by atoms with van der Waals surface area (Å²) in [5.74, 6) is 0.478. The summed E-state index contributed by atoms with van der Waals surface area (Å²) in [5.41, 5.74) is 4.95. The molecule has 0 radical (unpaired) electrons. The van der Waals surface area contributed by atoms with Crippen LogP contribution < -0.4 is 4.90 Å². The van der Waals surface area contributed by atoms with Gasteiger partial charge in [0.2, 0.25) is 0 Å². The Morgan fingerprint density at radius 1 is 0.500 bits per heavy atom. The van der Waals surface area contributed by atoms with Crippen LogP contribution in [0.4, 0.5) is 17.1 Å². The fourth-order valence-corrected chi connectivity index (χ4v) is 4.39. The van der Waals surface area contributed by atoms with Crippen molar-refractivity contribution in [3.05, 3.63) is 115 Å². The van der Waals surface area contributed by atoms with Crippen molar-refractivity contribution in [2.75, 3.05) is 4.90 Å². The first-order valence-corrected chi connectivity index (χ1v) is 10.6. The SMILES string of the molecule is CC(C)c1ccc(N(c2ccccc2)c2cccc3ccccc23)c2ccccc12. The maximum absolute atomic E-state index is 2.40. The Labute approximate surface area is 178 Å². The number of fused-ring (bicyclic) bond motifs is 2. The van der Waals surface area contributed by atoms with E-state index in [2.05, 4.69) is 128 Å². The van der Waals surface area contributed by atoms with Crippen LogP contribution >= 0.6 is 0 Å². The second-order valence-corrected chi connectivity index (χ2v) is 8.04. The van der Waals surface area contributed by atoms with Gasteiger partial charge in [-0.3, -0.25) is 0 Å². The molecule has 30 heavy (non-hydrogen) atoms. The molecule has 5 rings (SSSR count). The summed E-state index contributed by atoms with van der Waals surface area (Å²) >= 11 is 0. The highest BCUT2D eigenvalue weighted by Crippen LogP contribution is 2.43. The summed E-state index contributed by atoms with van der Waals surface area (Å²) in [5, 5.41) is 5.10. The summed E-state index contributed by atoms with van der Waals surface area (Å²) in [6, 6.07) is 39.2. The van der Waals surface area contributed by atoms with Crippen LogP contribution in [0.25, 0.3) is 21.5 Å². The average Bonchev–Trinajstić information content (AvgIpc) is 2.80.